The van der Waals surface area contributed by atoms with Crippen molar-refractivity contribution in [3.05, 3.63) is 53.1 Å². The van der Waals surface area contributed by atoms with Gasteiger partial charge >= 0.3 is 6.18 Å². The van der Waals surface area contributed by atoms with Gasteiger partial charge in [-0.3, -0.25) is 4.57 Å². The highest BCUT2D eigenvalue weighted by Gasteiger charge is 2.30. The second kappa shape index (κ2) is 9.04. The Bertz CT molecular complexity index is 1350. The molecule has 2 aromatic carbocycles. The molecule has 6 nitrogen and oxygen atoms in total. The van der Waals surface area contributed by atoms with Gasteiger partial charge in [-0.2, -0.15) is 18.2 Å². The first kappa shape index (κ1) is 23.7. The van der Waals surface area contributed by atoms with Crippen molar-refractivity contribution in [1.29, 1.82) is 0 Å². The van der Waals surface area contributed by atoms with Crippen molar-refractivity contribution < 1.29 is 22.6 Å². The molecular formula is C25H27F3N4O2. The van der Waals surface area contributed by atoms with E-state index in [2.05, 4.69) is 23.8 Å². The molecule has 34 heavy (non-hydrogen) atoms. The molecule has 0 bridgehead atoms. The monoisotopic (exact) mass is 472 g/mol. The number of hydrogen-bond acceptors (Lipinski definition) is 5. The van der Waals surface area contributed by atoms with E-state index < -0.39 is 11.7 Å². The molecule has 2 aromatic heterocycles. The van der Waals surface area contributed by atoms with Crippen molar-refractivity contribution >= 4 is 27.8 Å². The fourth-order valence-corrected chi connectivity index (χ4v) is 4.00. The van der Waals surface area contributed by atoms with Gasteiger partial charge in [-0.25, -0.2) is 4.98 Å². The molecule has 0 saturated heterocycles. The number of aromatic nitrogens is 3. The van der Waals surface area contributed by atoms with Crippen LogP contribution in [0.1, 0.15) is 37.5 Å². The van der Waals surface area contributed by atoms with Crippen molar-refractivity contribution in [3.63, 3.8) is 0 Å². The van der Waals surface area contributed by atoms with Crippen LogP contribution in [-0.2, 0) is 19.3 Å². The summed E-state index contributed by atoms with van der Waals surface area (Å²) in [6.07, 6.45) is -4.40. The van der Waals surface area contributed by atoms with Gasteiger partial charge in [0.2, 0.25) is 0 Å². The van der Waals surface area contributed by atoms with Gasteiger partial charge in [0, 0.05) is 17.5 Å². The van der Waals surface area contributed by atoms with Gasteiger partial charge in [0.05, 0.1) is 23.2 Å². The van der Waals surface area contributed by atoms with E-state index in [4.69, 9.17) is 15.2 Å². The number of nitrogen functional groups attached to an aromatic ring is 1. The number of ether oxygens (including phenoxy) is 2. The molecular weight excluding hydrogens is 445 g/mol. The van der Waals surface area contributed by atoms with Gasteiger partial charge in [-0.1, -0.05) is 26.0 Å². The minimum Gasteiger partial charge on any atom is -0.489 e. The Morgan fingerprint density at radius 3 is 2.50 bits per heavy atom. The van der Waals surface area contributed by atoms with Crippen LogP contribution >= 0.6 is 0 Å². The fraction of sp³-hybridized carbons (Fsp3) is 0.360. The molecule has 0 aliphatic carbocycles. The summed E-state index contributed by atoms with van der Waals surface area (Å²) in [6, 6.07) is 9.29. The third kappa shape index (κ3) is 4.47. The zero-order valence-electron chi connectivity index (χ0n) is 19.5. The molecule has 9 heteroatoms. The molecule has 4 rings (SSSR count). The van der Waals surface area contributed by atoms with Crippen LogP contribution in [0, 0.1) is 12.8 Å². The molecule has 0 radical (unpaired) electrons. The van der Waals surface area contributed by atoms with E-state index in [0.29, 0.717) is 47.4 Å². The lowest BCUT2D eigenvalue weighted by atomic mass is 10.1. The Balaban J connectivity index is 1.76. The quantitative estimate of drug-likeness (QED) is 0.350. The third-order valence-corrected chi connectivity index (χ3v) is 5.51. The Kier molecular flexibility index (Phi) is 6.29. The Labute approximate surface area is 195 Å². The van der Waals surface area contributed by atoms with Crippen LogP contribution in [0.25, 0.3) is 21.9 Å². The maximum atomic E-state index is 13.0. The molecule has 0 saturated carbocycles. The first-order chi connectivity index (χ1) is 16.1. The molecule has 2 heterocycles. The summed E-state index contributed by atoms with van der Waals surface area (Å²) in [5.41, 5.74) is 8.82. The summed E-state index contributed by atoms with van der Waals surface area (Å²) in [4.78, 5) is 9.17. The minimum atomic E-state index is -4.40. The lowest BCUT2D eigenvalue weighted by Crippen LogP contribution is -2.08. The summed E-state index contributed by atoms with van der Waals surface area (Å²) in [7, 11) is 0. The molecule has 0 aliphatic heterocycles. The molecule has 0 spiro atoms. The summed E-state index contributed by atoms with van der Waals surface area (Å²) >= 11 is 0. The summed E-state index contributed by atoms with van der Waals surface area (Å²) in [5, 5.41) is 0.854. The van der Waals surface area contributed by atoms with Crippen LogP contribution in [0.15, 0.2) is 36.4 Å². The van der Waals surface area contributed by atoms with Gasteiger partial charge in [0.1, 0.15) is 17.9 Å². The van der Waals surface area contributed by atoms with Gasteiger partial charge in [0.15, 0.2) is 5.82 Å². The van der Waals surface area contributed by atoms with Gasteiger partial charge < -0.3 is 15.2 Å². The summed E-state index contributed by atoms with van der Waals surface area (Å²) < 4.78 is 52.7. The first-order valence-corrected chi connectivity index (χ1v) is 11.1. The molecule has 4 aromatic rings. The zero-order valence-corrected chi connectivity index (χ0v) is 19.5. The van der Waals surface area contributed by atoms with Gasteiger partial charge in [-0.15, -0.1) is 0 Å². The van der Waals surface area contributed by atoms with Gasteiger partial charge in [0.25, 0.3) is 6.01 Å². The highest BCUT2D eigenvalue weighted by molar-refractivity contribution is 6.08. The number of nitrogens with zero attached hydrogens (tertiary/aromatic N) is 3. The van der Waals surface area contributed by atoms with E-state index in [9.17, 15) is 13.2 Å². The topological polar surface area (TPSA) is 75.2 Å². The number of anilines is 1. The smallest absolute Gasteiger partial charge is 0.416 e. The fourth-order valence-electron chi connectivity index (χ4n) is 4.00. The molecule has 180 valence electrons. The average Bonchev–Trinajstić information content (AvgIpc) is 3.12. The van der Waals surface area contributed by atoms with Crippen LogP contribution in [0.3, 0.4) is 0 Å². The van der Waals surface area contributed by atoms with Crippen LogP contribution in [0.2, 0.25) is 0 Å². The van der Waals surface area contributed by atoms with Crippen LogP contribution in [-0.4, -0.2) is 21.1 Å². The molecule has 0 unspecified atom stereocenters. The number of halogens is 3. The first-order valence-electron chi connectivity index (χ1n) is 11.1. The number of imidazole rings is 1. The predicted molar refractivity (Wildman–Crippen MR) is 126 cm³/mol. The summed E-state index contributed by atoms with van der Waals surface area (Å²) in [5.74, 6) is 1.15. The number of rotatable bonds is 7. The molecule has 2 N–H and O–H groups in total. The normalized spacial score (nSPS) is 12.1. The molecule has 0 aliphatic rings. The molecule has 0 fully saturated rings. The maximum absolute atomic E-state index is 13.0. The van der Waals surface area contributed by atoms with Gasteiger partial charge in [-0.05, 0) is 49.6 Å². The second-order valence-corrected chi connectivity index (χ2v) is 8.60. The Morgan fingerprint density at radius 1 is 1.06 bits per heavy atom. The van der Waals surface area contributed by atoms with Crippen molar-refractivity contribution in [2.45, 2.75) is 47.0 Å². The lowest BCUT2D eigenvalue weighted by Gasteiger charge is -2.15. The Hall–Kier alpha value is -3.49. The summed E-state index contributed by atoms with van der Waals surface area (Å²) in [6.45, 7) is 9.13. The van der Waals surface area contributed by atoms with Crippen molar-refractivity contribution in [2.75, 3.05) is 12.3 Å². The largest absolute Gasteiger partial charge is 0.489 e. The zero-order chi connectivity index (χ0) is 24.6. The average molecular weight is 473 g/mol. The van der Waals surface area contributed by atoms with Crippen LogP contribution in [0.4, 0.5) is 19.0 Å². The third-order valence-electron chi connectivity index (χ3n) is 5.51. The van der Waals surface area contributed by atoms with E-state index in [0.717, 1.165) is 28.6 Å². The predicted octanol–water partition coefficient (Wildman–Crippen LogP) is 6.13. The van der Waals surface area contributed by atoms with Crippen molar-refractivity contribution in [2.24, 2.45) is 5.92 Å². The number of alkyl halides is 3. The van der Waals surface area contributed by atoms with E-state index >= 15 is 0 Å². The number of pyridine rings is 1. The van der Waals surface area contributed by atoms with Crippen LogP contribution < -0.4 is 15.2 Å². The van der Waals surface area contributed by atoms with E-state index in [1.807, 2.05) is 24.5 Å². The standard InChI is InChI=1S/C25H27F3N4O2/c1-5-33-24-31-21-22(32(24)12-14(2)3)18-9-10-19(15(4)20(18)30-23(21)29)34-13-16-7-6-8-17(11-16)25(26,27)28/h6-11,14H,5,12-13H2,1-4H3,(H2,29,30). The van der Waals surface area contributed by atoms with Crippen molar-refractivity contribution in [3.8, 4) is 11.8 Å². The highest BCUT2D eigenvalue weighted by atomic mass is 19.4. The van der Waals surface area contributed by atoms with E-state index in [1.54, 1.807) is 12.1 Å². The SMILES string of the molecule is CCOc1nc2c(N)nc3c(C)c(OCc4cccc(C(F)(F)F)c4)ccc3c2n1CC(C)C. The number of hydrogen-bond donors (Lipinski definition) is 1. The highest BCUT2D eigenvalue weighted by Crippen LogP contribution is 2.36. The maximum Gasteiger partial charge on any atom is 0.416 e. The van der Waals surface area contributed by atoms with E-state index in [1.165, 1.54) is 6.07 Å². The molecule has 0 atom stereocenters. The van der Waals surface area contributed by atoms with Crippen LogP contribution in [0.5, 0.6) is 11.8 Å². The second-order valence-electron chi connectivity index (χ2n) is 8.60. The number of benzene rings is 2. The minimum absolute atomic E-state index is 0.00619. The molecule has 0 amide bonds. The number of aryl methyl sites for hydroxylation is 1. The number of fused-ring (bicyclic) bond motifs is 3. The van der Waals surface area contributed by atoms with E-state index in [-0.39, 0.29) is 12.4 Å². The number of nitrogens with two attached hydrogens (primary N) is 1. The lowest BCUT2D eigenvalue weighted by molar-refractivity contribution is -0.137. The van der Waals surface area contributed by atoms with Crippen molar-refractivity contribution in [1.82, 2.24) is 14.5 Å². The Morgan fingerprint density at radius 2 is 1.82 bits per heavy atom.